The molecule has 3 rings (SSSR count). The highest BCUT2D eigenvalue weighted by Crippen LogP contribution is 2.26. The topological polar surface area (TPSA) is 100 Å². The first kappa shape index (κ1) is 20.9. The molecule has 0 saturated carbocycles. The van der Waals surface area contributed by atoms with Crippen molar-refractivity contribution in [2.75, 3.05) is 24.7 Å². The van der Waals surface area contributed by atoms with Crippen LogP contribution in [-0.4, -0.2) is 35.8 Å². The van der Waals surface area contributed by atoms with E-state index in [2.05, 4.69) is 15.6 Å². The normalized spacial score (nSPS) is 11.4. The molecular weight excluding hydrogens is 378 g/mol. The largest absolute Gasteiger partial charge is 0.378 e. The molecule has 0 bridgehead atoms. The molecule has 0 spiro atoms. The van der Waals surface area contributed by atoms with E-state index in [9.17, 15) is 9.59 Å². The highest BCUT2D eigenvalue weighted by Gasteiger charge is 2.14. The molecule has 7 nitrogen and oxygen atoms in total. The molecule has 0 fully saturated rings. The fourth-order valence-electron chi connectivity index (χ4n) is 3.00. The third kappa shape index (κ3) is 4.94. The van der Waals surface area contributed by atoms with Crippen molar-refractivity contribution in [1.29, 1.82) is 0 Å². The Morgan fingerprint density at radius 1 is 1.03 bits per heavy atom. The zero-order chi connectivity index (χ0) is 21.7. The van der Waals surface area contributed by atoms with Crippen LogP contribution < -0.4 is 16.4 Å². The number of pyridine rings is 1. The van der Waals surface area contributed by atoms with Gasteiger partial charge in [0.2, 0.25) is 0 Å². The monoisotopic (exact) mass is 403 g/mol. The van der Waals surface area contributed by atoms with E-state index in [1.807, 2.05) is 37.3 Å². The molecule has 4 N–H and O–H groups in total. The van der Waals surface area contributed by atoms with Gasteiger partial charge >= 0.3 is 0 Å². The van der Waals surface area contributed by atoms with E-state index in [1.165, 1.54) is 11.1 Å². The highest BCUT2D eigenvalue weighted by molar-refractivity contribution is 5.98. The number of benzene rings is 2. The predicted octanol–water partition coefficient (Wildman–Crippen LogP) is 3.80. The summed E-state index contributed by atoms with van der Waals surface area (Å²) in [7, 11) is 3.42. The SMILES string of the molecule is C[C@@H](Nc1cc(Nc2ccc(C(=O)N(C)C)cc2)ncc1C(N)=O)c1ccccc1. The number of carbonyl (C=O) groups is 2. The van der Waals surface area contributed by atoms with Gasteiger partial charge in [-0.1, -0.05) is 30.3 Å². The summed E-state index contributed by atoms with van der Waals surface area (Å²) in [5, 5.41) is 6.53. The Morgan fingerprint density at radius 2 is 1.70 bits per heavy atom. The van der Waals surface area contributed by atoms with E-state index in [4.69, 9.17) is 5.73 Å². The smallest absolute Gasteiger partial charge is 0.253 e. The molecule has 1 heterocycles. The van der Waals surface area contributed by atoms with Gasteiger partial charge in [-0.3, -0.25) is 9.59 Å². The first-order valence-electron chi connectivity index (χ1n) is 9.55. The molecule has 2 amide bonds. The zero-order valence-electron chi connectivity index (χ0n) is 17.2. The lowest BCUT2D eigenvalue weighted by molar-refractivity contribution is 0.0827. The summed E-state index contributed by atoms with van der Waals surface area (Å²) >= 11 is 0. The second-order valence-electron chi connectivity index (χ2n) is 7.16. The third-order valence-corrected chi connectivity index (χ3v) is 4.65. The highest BCUT2D eigenvalue weighted by atomic mass is 16.2. The van der Waals surface area contributed by atoms with Gasteiger partial charge in [0.15, 0.2) is 0 Å². The van der Waals surface area contributed by atoms with Gasteiger partial charge < -0.3 is 21.3 Å². The number of hydrogen-bond acceptors (Lipinski definition) is 5. The molecular formula is C23H25N5O2. The number of amides is 2. The van der Waals surface area contributed by atoms with Crippen molar-refractivity contribution in [2.45, 2.75) is 13.0 Å². The number of hydrogen-bond donors (Lipinski definition) is 3. The molecule has 0 unspecified atom stereocenters. The molecule has 0 saturated heterocycles. The van der Waals surface area contributed by atoms with Crippen LogP contribution in [0.5, 0.6) is 0 Å². The number of carbonyl (C=O) groups excluding carboxylic acids is 2. The Labute approximate surface area is 175 Å². The summed E-state index contributed by atoms with van der Waals surface area (Å²) in [5.41, 5.74) is 8.89. The second-order valence-corrected chi connectivity index (χ2v) is 7.16. The minimum Gasteiger partial charge on any atom is -0.378 e. The maximum atomic E-state index is 12.0. The van der Waals surface area contributed by atoms with Crippen molar-refractivity contribution in [2.24, 2.45) is 5.73 Å². The van der Waals surface area contributed by atoms with Gasteiger partial charge in [-0.25, -0.2) is 4.98 Å². The van der Waals surface area contributed by atoms with Crippen molar-refractivity contribution >= 4 is 29.0 Å². The molecule has 1 atom stereocenters. The number of nitrogens with two attached hydrogens (primary N) is 1. The van der Waals surface area contributed by atoms with Crippen molar-refractivity contribution in [3.8, 4) is 0 Å². The van der Waals surface area contributed by atoms with Gasteiger partial charge in [0.05, 0.1) is 11.3 Å². The lowest BCUT2D eigenvalue weighted by Gasteiger charge is -2.18. The number of aromatic nitrogens is 1. The Morgan fingerprint density at radius 3 is 2.30 bits per heavy atom. The molecule has 30 heavy (non-hydrogen) atoms. The van der Waals surface area contributed by atoms with E-state index in [1.54, 1.807) is 44.4 Å². The molecule has 2 aromatic carbocycles. The molecule has 0 radical (unpaired) electrons. The summed E-state index contributed by atoms with van der Waals surface area (Å²) < 4.78 is 0. The Bertz CT molecular complexity index is 1030. The summed E-state index contributed by atoms with van der Waals surface area (Å²) in [6.07, 6.45) is 1.45. The second kappa shape index (κ2) is 9.09. The van der Waals surface area contributed by atoms with Crippen LogP contribution >= 0.6 is 0 Å². The molecule has 0 aliphatic carbocycles. The van der Waals surface area contributed by atoms with Crippen LogP contribution in [0.2, 0.25) is 0 Å². The molecule has 1 aromatic heterocycles. The fourth-order valence-corrected chi connectivity index (χ4v) is 3.00. The van der Waals surface area contributed by atoms with E-state index >= 15 is 0 Å². The van der Waals surface area contributed by atoms with Crippen LogP contribution in [0.4, 0.5) is 17.2 Å². The standard InChI is InChI=1S/C23H25N5O2/c1-15(16-7-5-4-6-8-16)26-20-13-21(25-14-19(20)22(24)29)27-18-11-9-17(10-12-18)23(30)28(2)3/h4-15H,1-3H3,(H2,24,29)(H2,25,26,27)/t15-/m1/s1. The maximum Gasteiger partial charge on any atom is 0.253 e. The summed E-state index contributed by atoms with van der Waals surface area (Å²) in [4.78, 5) is 29.7. The van der Waals surface area contributed by atoms with Crippen LogP contribution in [0, 0.1) is 0 Å². The van der Waals surface area contributed by atoms with Crippen LogP contribution in [0.1, 0.15) is 39.2 Å². The Kier molecular flexibility index (Phi) is 6.32. The van der Waals surface area contributed by atoms with Gasteiger partial charge in [0.25, 0.3) is 11.8 Å². The number of primary amides is 1. The zero-order valence-corrected chi connectivity index (χ0v) is 17.2. The van der Waals surface area contributed by atoms with Crippen molar-refractivity contribution in [1.82, 2.24) is 9.88 Å². The van der Waals surface area contributed by atoms with Gasteiger partial charge in [0, 0.05) is 43.7 Å². The van der Waals surface area contributed by atoms with Crippen LogP contribution in [-0.2, 0) is 0 Å². The van der Waals surface area contributed by atoms with E-state index in [0.29, 0.717) is 22.6 Å². The van der Waals surface area contributed by atoms with Crippen LogP contribution in [0.25, 0.3) is 0 Å². The Balaban J connectivity index is 1.82. The average molecular weight is 403 g/mol. The predicted molar refractivity (Wildman–Crippen MR) is 119 cm³/mol. The molecule has 154 valence electrons. The first-order valence-corrected chi connectivity index (χ1v) is 9.55. The Hall–Kier alpha value is -3.87. The number of anilines is 3. The number of rotatable bonds is 7. The minimum absolute atomic E-state index is 0.0316. The number of nitrogens with one attached hydrogen (secondary N) is 2. The van der Waals surface area contributed by atoms with Crippen molar-refractivity contribution in [3.63, 3.8) is 0 Å². The van der Waals surface area contributed by atoms with Gasteiger partial charge in [-0.2, -0.15) is 0 Å². The fraction of sp³-hybridized carbons (Fsp3) is 0.174. The average Bonchev–Trinajstić information content (AvgIpc) is 2.74. The molecule has 0 aliphatic heterocycles. The summed E-state index contributed by atoms with van der Waals surface area (Å²) in [6, 6.07) is 18.7. The summed E-state index contributed by atoms with van der Waals surface area (Å²) in [6.45, 7) is 2.01. The lowest BCUT2D eigenvalue weighted by atomic mass is 10.1. The third-order valence-electron chi connectivity index (χ3n) is 4.65. The van der Waals surface area contributed by atoms with Crippen LogP contribution in [0.15, 0.2) is 66.9 Å². The molecule has 0 aliphatic rings. The first-order chi connectivity index (χ1) is 14.3. The van der Waals surface area contributed by atoms with Gasteiger partial charge in [0.1, 0.15) is 5.82 Å². The summed E-state index contributed by atoms with van der Waals surface area (Å²) in [5.74, 6) is -0.0651. The molecule has 7 heteroatoms. The van der Waals surface area contributed by atoms with E-state index < -0.39 is 5.91 Å². The number of nitrogens with zero attached hydrogens (tertiary/aromatic N) is 2. The van der Waals surface area contributed by atoms with E-state index in [0.717, 1.165) is 11.3 Å². The van der Waals surface area contributed by atoms with Gasteiger partial charge in [-0.15, -0.1) is 0 Å². The minimum atomic E-state index is -0.552. The van der Waals surface area contributed by atoms with Crippen molar-refractivity contribution in [3.05, 3.63) is 83.6 Å². The molecule has 3 aromatic rings. The lowest BCUT2D eigenvalue weighted by Crippen LogP contribution is -2.21. The van der Waals surface area contributed by atoms with Crippen LogP contribution in [0.3, 0.4) is 0 Å². The van der Waals surface area contributed by atoms with Gasteiger partial charge in [-0.05, 0) is 36.8 Å². The van der Waals surface area contributed by atoms with E-state index in [-0.39, 0.29) is 11.9 Å². The maximum absolute atomic E-state index is 12.0. The van der Waals surface area contributed by atoms with Crippen molar-refractivity contribution < 1.29 is 9.59 Å². The quantitative estimate of drug-likeness (QED) is 0.557.